The van der Waals surface area contributed by atoms with Gasteiger partial charge in [-0.15, -0.1) is 0 Å². The van der Waals surface area contributed by atoms with Gasteiger partial charge in [-0.1, -0.05) is 13.8 Å². The van der Waals surface area contributed by atoms with Crippen LogP contribution in [-0.2, 0) is 19.5 Å². The highest BCUT2D eigenvalue weighted by molar-refractivity contribution is 5.93. The number of nitrogens with two attached hydrogens (primary N) is 1. The smallest absolute Gasteiger partial charge is 0.270 e. The largest absolute Gasteiger partial charge is 0.312 e. The molecule has 0 unspecified atom stereocenters. The second-order valence-corrected chi connectivity index (χ2v) is 6.13. The molecule has 1 aromatic rings. The Morgan fingerprint density at radius 2 is 2.19 bits per heavy atom. The van der Waals surface area contributed by atoms with Crippen molar-refractivity contribution in [1.82, 2.24) is 14.9 Å². The van der Waals surface area contributed by atoms with Crippen molar-refractivity contribution >= 4 is 5.91 Å². The van der Waals surface area contributed by atoms with Gasteiger partial charge in [0.2, 0.25) is 0 Å². The zero-order valence-electron chi connectivity index (χ0n) is 13.0. The lowest BCUT2D eigenvalue weighted by Crippen LogP contribution is -2.40. The van der Waals surface area contributed by atoms with Crippen LogP contribution in [-0.4, -0.2) is 29.0 Å². The van der Waals surface area contributed by atoms with Gasteiger partial charge in [-0.2, -0.15) is 0 Å². The highest BCUT2D eigenvalue weighted by Crippen LogP contribution is 2.18. The summed E-state index contributed by atoms with van der Waals surface area (Å²) in [6, 6.07) is 1.70. The van der Waals surface area contributed by atoms with E-state index in [2.05, 4.69) is 24.2 Å². The minimum absolute atomic E-state index is 0.135. The summed E-state index contributed by atoms with van der Waals surface area (Å²) in [5, 5.41) is 0. The number of fused-ring (bicyclic) bond motifs is 1. The summed E-state index contributed by atoms with van der Waals surface area (Å²) in [5.74, 6) is 5.18. The molecule has 2 heterocycles. The maximum Gasteiger partial charge on any atom is 0.270 e. The monoisotopic (exact) mass is 292 g/mol. The number of nitrogens with zero attached hydrogens (tertiary/aromatic N) is 2. The first-order valence-corrected chi connectivity index (χ1v) is 7.39. The van der Waals surface area contributed by atoms with Gasteiger partial charge in [0.05, 0.1) is 0 Å². The van der Waals surface area contributed by atoms with Gasteiger partial charge < -0.3 is 9.47 Å². The van der Waals surface area contributed by atoms with Gasteiger partial charge in [0.15, 0.2) is 0 Å². The molecule has 0 saturated carbocycles. The molecule has 0 bridgehead atoms. The molecule has 6 heteroatoms. The first-order chi connectivity index (χ1) is 9.93. The van der Waals surface area contributed by atoms with Crippen molar-refractivity contribution in [1.29, 1.82) is 0 Å². The molecule has 1 amide bonds. The fourth-order valence-electron chi connectivity index (χ4n) is 2.72. The lowest BCUT2D eigenvalue weighted by atomic mass is 10.0. The predicted molar refractivity (Wildman–Crippen MR) is 81.8 cm³/mol. The number of likely N-dealkylation sites (N-methyl/N-ethyl adjacent to an activating group) is 1. The highest BCUT2D eigenvalue weighted by Gasteiger charge is 2.22. The van der Waals surface area contributed by atoms with E-state index in [9.17, 15) is 9.59 Å². The van der Waals surface area contributed by atoms with E-state index >= 15 is 0 Å². The van der Waals surface area contributed by atoms with E-state index in [1.165, 1.54) is 0 Å². The molecule has 6 nitrogen and oxygen atoms in total. The molecule has 1 aliphatic rings. The quantitative estimate of drug-likeness (QED) is 0.481. The number of pyridine rings is 1. The number of rotatable bonds is 4. The topological polar surface area (TPSA) is 80.4 Å². The maximum atomic E-state index is 12.6. The fourth-order valence-corrected chi connectivity index (χ4v) is 2.72. The zero-order valence-corrected chi connectivity index (χ0v) is 13.0. The average Bonchev–Trinajstić information content (AvgIpc) is 2.44. The highest BCUT2D eigenvalue weighted by atomic mass is 16.2. The Morgan fingerprint density at radius 3 is 2.81 bits per heavy atom. The third-order valence-electron chi connectivity index (χ3n) is 3.97. The standard InChI is InChI=1S/C15H24N4O2/c1-10(2)4-7-19-13-5-6-18(3)9-11(13)8-12(15(19)21)14(20)17-16/h8,10H,4-7,9,16H2,1-3H3,(H,17,20). The molecular weight excluding hydrogens is 268 g/mol. The van der Waals surface area contributed by atoms with E-state index in [0.29, 0.717) is 12.5 Å². The van der Waals surface area contributed by atoms with Crippen LogP contribution in [0.15, 0.2) is 10.9 Å². The molecule has 0 saturated heterocycles. The summed E-state index contributed by atoms with van der Waals surface area (Å²) in [6.45, 7) is 6.58. The number of amides is 1. The zero-order chi connectivity index (χ0) is 15.6. The molecule has 0 spiro atoms. The van der Waals surface area contributed by atoms with Crippen molar-refractivity contribution < 1.29 is 4.79 Å². The van der Waals surface area contributed by atoms with Crippen LogP contribution in [0.4, 0.5) is 0 Å². The molecule has 0 radical (unpaired) electrons. The van der Waals surface area contributed by atoms with E-state index in [4.69, 9.17) is 5.84 Å². The summed E-state index contributed by atoms with van der Waals surface area (Å²) >= 11 is 0. The van der Waals surface area contributed by atoms with Crippen LogP contribution in [0.5, 0.6) is 0 Å². The van der Waals surface area contributed by atoms with Gasteiger partial charge in [0, 0.05) is 31.7 Å². The van der Waals surface area contributed by atoms with Crippen LogP contribution in [0.25, 0.3) is 0 Å². The molecule has 21 heavy (non-hydrogen) atoms. The van der Waals surface area contributed by atoms with Crippen LogP contribution in [0, 0.1) is 5.92 Å². The molecule has 1 aliphatic heterocycles. The first-order valence-electron chi connectivity index (χ1n) is 7.39. The van der Waals surface area contributed by atoms with E-state index < -0.39 is 5.91 Å². The summed E-state index contributed by atoms with van der Waals surface area (Å²) in [6.07, 6.45) is 1.75. The van der Waals surface area contributed by atoms with Crippen molar-refractivity contribution in [2.75, 3.05) is 13.6 Å². The van der Waals surface area contributed by atoms with Crippen LogP contribution < -0.4 is 16.8 Å². The van der Waals surface area contributed by atoms with Gasteiger partial charge in [0.25, 0.3) is 11.5 Å². The number of carbonyl (C=O) groups is 1. The van der Waals surface area contributed by atoms with E-state index in [1.54, 1.807) is 10.6 Å². The Bertz CT molecular complexity index is 592. The summed E-state index contributed by atoms with van der Waals surface area (Å²) in [4.78, 5) is 26.6. The minimum Gasteiger partial charge on any atom is -0.312 e. The Balaban J connectivity index is 2.51. The minimum atomic E-state index is -0.519. The molecule has 2 rings (SSSR count). The second kappa shape index (κ2) is 6.41. The van der Waals surface area contributed by atoms with Crippen LogP contribution in [0.3, 0.4) is 0 Å². The third kappa shape index (κ3) is 3.33. The van der Waals surface area contributed by atoms with Crippen LogP contribution in [0.1, 0.15) is 41.9 Å². The molecule has 3 N–H and O–H groups in total. The molecule has 1 aromatic heterocycles. The SMILES string of the molecule is CC(C)CCn1c2c(cc(C(=O)NN)c1=O)CN(C)CC2. The molecule has 0 atom stereocenters. The van der Waals surface area contributed by atoms with Gasteiger partial charge >= 0.3 is 0 Å². The number of hydrogen-bond acceptors (Lipinski definition) is 4. The van der Waals surface area contributed by atoms with Crippen molar-refractivity contribution in [3.63, 3.8) is 0 Å². The third-order valence-corrected chi connectivity index (χ3v) is 3.97. The average molecular weight is 292 g/mol. The number of hydrazine groups is 1. The molecule has 0 fully saturated rings. The van der Waals surface area contributed by atoms with E-state index in [-0.39, 0.29) is 11.1 Å². The number of aromatic nitrogens is 1. The fraction of sp³-hybridized carbons (Fsp3) is 0.600. The number of nitrogen functional groups attached to an aromatic ring is 1. The van der Waals surface area contributed by atoms with Gasteiger partial charge in [-0.25, -0.2) is 5.84 Å². The molecule has 0 aliphatic carbocycles. The second-order valence-electron chi connectivity index (χ2n) is 6.13. The lowest BCUT2D eigenvalue weighted by molar-refractivity contribution is 0.0951. The van der Waals surface area contributed by atoms with Gasteiger partial charge in [-0.3, -0.25) is 15.0 Å². The normalized spacial score (nSPS) is 15.1. The van der Waals surface area contributed by atoms with Gasteiger partial charge in [-0.05, 0) is 31.0 Å². The van der Waals surface area contributed by atoms with E-state index in [0.717, 1.165) is 37.2 Å². The molecule has 116 valence electrons. The Kier molecular flexibility index (Phi) is 4.80. The predicted octanol–water partition coefficient (Wildman–Crippen LogP) is 0.486. The molecular formula is C15H24N4O2. The Hall–Kier alpha value is -1.66. The number of nitrogens with one attached hydrogen (secondary N) is 1. The van der Waals surface area contributed by atoms with E-state index in [1.807, 2.05) is 7.05 Å². The lowest BCUT2D eigenvalue weighted by Gasteiger charge is -2.28. The Labute approximate surface area is 124 Å². The summed E-state index contributed by atoms with van der Waals surface area (Å²) in [7, 11) is 2.04. The number of hydrogen-bond donors (Lipinski definition) is 2. The first kappa shape index (κ1) is 15.7. The van der Waals surface area contributed by atoms with Crippen LogP contribution in [0.2, 0.25) is 0 Å². The summed E-state index contributed by atoms with van der Waals surface area (Å²) < 4.78 is 1.77. The maximum absolute atomic E-state index is 12.6. The number of carbonyl (C=O) groups excluding carboxylic acids is 1. The Morgan fingerprint density at radius 1 is 1.48 bits per heavy atom. The van der Waals surface area contributed by atoms with Gasteiger partial charge in [0.1, 0.15) is 5.56 Å². The van der Waals surface area contributed by atoms with Crippen molar-refractivity contribution in [3.05, 3.63) is 33.2 Å². The van der Waals surface area contributed by atoms with Crippen molar-refractivity contribution in [2.24, 2.45) is 11.8 Å². The van der Waals surface area contributed by atoms with Crippen molar-refractivity contribution in [2.45, 2.75) is 39.8 Å². The summed E-state index contributed by atoms with van der Waals surface area (Å²) in [5.41, 5.74) is 4.08. The van der Waals surface area contributed by atoms with Crippen molar-refractivity contribution in [3.8, 4) is 0 Å². The van der Waals surface area contributed by atoms with Crippen LogP contribution >= 0.6 is 0 Å². The molecule has 0 aromatic carbocycles.